The Kier molecular flexibility index (Phi) is 14.3. The van der Waals surface area contributed by atoms with Gasteiger partial charge in [0.2, 0.25) is 0 Å². The Morgan fingerprint density at radius 1 is 1.10 bits per heavy atom. The SMILES string of the molecule is C=C/C(=C\C=C(C)C)C(=O)C1=CCCC=C1.CC.CC. The fourth-order valence-corrected chi connectivity index (χ4v) is 1.44. The van der Waals surface area contributed by atoms with E-state index < -0.39 is 0 Å². The minimum atomic E-state index is 0.0588. The lowest BCUT2D eigenvalue weighted by atomic mass is 9.98. The van der Waals surface area contributed by atoms with Crippen molar-refractivity contribution in [1.29, 1.82) is 0 Å². The van der Waals surface area contributed by atoms with Gasteiger partial charge in [-0.05, 0) is 26.7 Å². The van der Waals surface area contributed by atoms with E-state index in [9.17, 15) is 4.79 Å². The Bertz CT molecular complexity index is 399. The summed E-state index contributed by atoms with van der Waals surface area (Å²) >= 11 is 0. The molecule has 0 aromatic heterocycles. The first-order valence-corrected chi connectivity index (χ1v) is 7.54. The smallest absolute Gasteiger partial charge is 0.192 e. The summed E-state index contributed by atoms with van der Waals surface area (Å²) in [6, 6.07) is 0. The van der Waals surface area contributed by atoms with E-state index in [-0.39, 0.29) is 5.78 Å². The zero-order chi connectivity index (χ0) is 16.0. The maximum absolute atomic E-state index is 12.1. The van der Waals surface area contributed by atoms with E-state index in [0.717, 1.165) is 18.4 Å². The van der Waals surface area contributed by atoms with Crippen LogP contribution >= 0.6 is 0 Å². The number of carbonyl (C=O) groups excluding carboxylic acids is 1. The second-order valence-electron chi connectivity index (χ2n) is 4.04. The highest BCUT2D eigenvalue weighted by Gasteiger charge is 2.10. The van der Waals surface area contributed by atoms with Gasteiger partial charge in [0.25, 0.3) is 0 Å². The maximum atomic E-state index is 12.1. The van der Waals surface area contributed by atoms with Gasteiger partial charge in [-0.25, -0.2) is 0 Å². The summed E-state index contributed by atoms with van der Waals surface area (Å²) in [6.45, 7) is 15.7. The molecule has 1 nitrogen and oxygen atoms in total. The van der Waals surface area contributed by atoms with E-state index in [2.05, 4.69) is 6.58 Å². The molecule has 1 aliphatic carbocycles. The van der Waals surface area contributed by atoms with Gasteiger partial charge in [0.1, 0.15) is 0 Å². The summed E-state index contributed by atoms with van der Waals surface area (Å²) in [6.07, 6.45) is 13.3. The summed E-state index contributed by atoms with van der Waals surface area (Å²) in [4.78, 5) is 12.1. The molecule has 0 bridgehead atoms. The number of hydrogen-bond acceptors (Lipinski definition) is 1. The van der Waals surface area contributed by atoms with E-state index in [1.807, 2.05) is 71.9 Å². The molecule has 1 rings (SSSR count). The van der Waals surface area contributed by atoms with Gasteiger partial charge in [0.15, 0.2) is 5.78 Å². The predicted molar refractivity (Wildman–Crippen MR) is 91.9 cm³/mol. The fourth-order valence-electron chi connectivity index (χ4n) is 1.44. The van der Waals surface area contributed by atoms with Crippen LogP contribution in [-0.4, -0.2) is 5.78 Å². The number of hydrogen-bond donors (Lipinski definition) is 0. The average molecular weight is 274 g/mol. The highest BCUT2D eigenvalue weighted by molar-refractivity contribution is 6.12. The highest BCUT2D eigenvalue weighted by Crippen LogP contribution is 2.15. The molecule has 0 heterocycles. The van der Waals surface area contributed by atoms with Gasteiger partial charge in [-0.2, -0.15) is 0 Å². The summed E-state index contributed by atoms with van der Waals surface area (Å²) < 4.78 is 0. The quantitative estimate of drug-likeness (QED) is 0.456. The number of rotatable bonds is 4. The van der Waals surface area contributed by atoms with Gasteiger partial charge in [0, 0.05) is 11.1 Å². The van der Waals surface area contributed by atoms with E-state index in [1.165, 1.54) is 5.57 Å². The molecule has 0 aromatic rings. The highest BCUT2D eigenvalue weighted by atomic mass is 16.1. The van der Waals surface area contributed by atoms with Gasteiger partial charge < -0.3 is 0 Å². The van der Waals surface area contributed by atoms with Crippen molar-refractivity contribution in [2.45, 2.75) is 54.4 Å². The lowest BCUT2D eigenvalue weighted by Crippen LogP contribution is -2.04. The number of ketones is 1. The first-order valence-electron chi connectivity index (χ1n) is 7.54. The molecule has 0 fully saturated rings. The van der Waals surface area contributed by atoms with Crippen molar-refractivity contribution in [3.63, 3.8) is 0 Å². The van der Waals surface area contributed by atoms with Gasteiger partial charge in [-0.3, -0.25) is 4.79 Å². The number of allylic oxidation sites excluding steroid dienone is 9. The molecule has 1 aliphatic rings. The first kappa shape index (κ1) is 20.7. The van der Waals surface area contributed by atoms with Crippen LogP contribution in [0.15, 0.2) is 59.8 Å². The van der Waals surface area contributed by atoms with Crippen molar-refractivity contribution in [3.8, 4) is 0 Å². The molecule has 0 aliphatic heterocycles. The molecule has 0 radical (unpaired) electrons. The fraction of sp³-hybridized carbons (Fsp3) is 0.421. The Balaban J connectivity index is 0. The molecule has 0 saturated carbocycles. The zero-order valence-electron chi connectivity index (χ0n) is 14.0. The molecule has 0 N–H and O–H groups in total. The molecule has 0 atom stereocenters. The molecule has 0 amide bonds. The Labute approximate surface area is 125 Å². The second kappa shape index (κ2) is 13.8. The van der Waals surface area contributed by atoms with Gasteiger partial charge in [-0.1, -0.05) is 76.3 Å². The topological polar surface area (TPSA) is 17.1 Å². The zero-order valence-corrected chi connectivity index (χ0v) is 14.0. The molecular weight excluding hydrogens is 244 g/mol. The Morgan fingerprint density at radius 2 is 1.70 bits per heavy atom. The molecule has 0 spiro atoms. The summed E-state index contributed by atoms with van der Waals surface area (Å²) in [5, 5.41) is 0. The van der Waals surface area contributed by atoms with Crippen molar-refractivity contribution in [1.82, 2.24) is 0 Å². The van der Waals surface area contributed by atoms with Crippen molar-refractivity contribution >= 4 is 5.78 Å². The normalized spacial score (nSPS) is 12.9. The lowest BCUT2D eigenvalue weighted by Gasteiger charge is -2.06. The molecule has 0 saturated heterocycles. The third-order valence-electron chi connectivity index (χ3n) is 2.34. The summed E-state index contributed by atoms with van der Waals surface area (Å²) in [7, 11) is 0. The van der Waals surface area contributed by atoms with E-state index in [0.29, 0.717) is 5.57 Å². The largest absolute Gasteiger partial charge is 0.289 e. The van der Waals surface area contributed by atoms with Crippen LogP contribution in [0.4, 0.5) is 0 Å². The third-order valence-corrected chi connectivity index (χ3v) is 2.34. The standard InChI is InChI=1S/C15H18O.2C2H6/c1-4-13(11-10-12(2)3)15(16)14-8-6-5-7-9-14;2*1-2/h4,6,8-11H,1,5,7H2,2-3H3;2*1-2H3/b13-11+;;. The third kappa shape index (κ3) is 8.47. The van der Waals surface area contributed by atoms with Crippen molar-refractivity contribution in [2.24, 2.45) is 0 Å². The van der Waals surface area contributed by atoms with Gasteiger partial charge in [-0.15, -0.1) is 0 Å². The molecule has 1 heteroatoms. The van der Waals surface area contributed by atoms with Gasteiger partial charge in [0.05, 0.1) is 0 Å². The second-order valence-corrected chi connectivity index (χ2v) is 4.04. The van der Waals surface area contributed by atoms with Crippen LogP contribution in [0.3, 0.4) is 0 Å². The first-order chi connectivity index (χ1) is 9.65. The van der Waals surface area contributed by atoms with E-state index in [4.69, 9.17) is 0 Å². The molecular formula is C19H30O. The summed E-state index contributed by atoms with van der Waals surface area (Å²) in [5.41, 5.74) is 2.60. The van der Waals surface area contributed by atoms with Crippen LogP contribution in [0.25, 0.3) is 0 Å². The van der Waals surface area contributed by atoms with Crippen LogP contribution in [0, 0.1) is 0 Å². The Hall–Kier alpha value is -1.63. The predicted octanol–water partition coefficient (Wildman–Crippen LogP) is 5.96. The monoisotopic (exact) mass is 274 g/mol. The Morgan fingerprint density at radius 3 is 2.10 bits per heavy atom. The molecule has 112 valence electrons. The molecule has 0 aromatic carbocycles. The van der Waals surface area contributed by atoms with Gasteiger partial charge >= 0.3 is 0 Å². The van der Waals surface area contributed by atoms with E-state index in [1.54, 1.807) is 6.08 Å². The minimum Gasteiger partial charge on any atom is -0.289 e. The van der Waals surface area contributed by atoms with Crippen LogP contribution in [0.1, 0.15) is 54.4 Å². The average Bonchev–Trinajstić information content (AvgIpc) is 2.52. The number of carbonyl (C=O) groups is 1. The minimum absolute atomic E-state index is 0.0588. The van der Waals surface area contributed by atoms with Crippen LogP contribution in [0.5, 0.6) is 0 Å². The van der Waals surface area contributed by atoms with Crippen LogP contribution in [-0.2, 0) is 4.79 Å². The van der Waals surface area contributed by atoms with Crippen LogP contribution < -0.4 is 0 Å². The molecule has 0 unspecified atom stereocenters. The maximum Gasteiger partial charge on any atom is 0.192 e. The molecule has 20 heavy (non-hydrogen) atoms. The van der Waals surface area contributed by atoms with Crippen molar-refractivity contribution < 1.29 is 4.79 Å². The van der Waals surface area contributed by atoms with Crippen molar-refractivity contribution in [3.05, 3.63) is 59.8 Å². The van der Waals surface area contributed by atoms with Crippen LogP contribution in [0.2, 0.25) is 0 Å². The van der Waals surface area contributed by atoms with E-state index >= 15 is 0 Å². The lowest BCUT2D eigenvalue weighted by molar-refractivity contribution is -0.111. The number of Topliss-reactive ketones (excluding diaryl/α,β-unsaturated/α-hetero) is 1. The summed E-state index contributed by atoms with van der Waals surface area (Å²) in [5.74, 6) is 0.0588. The van der Waals surface area contributed by atoms with Crippen molar-refractivity contribution in [2.75, 3.05) is 0 Å².